The molecule has 110 valence electrons. The van der Waals surface area contributed by atoms with Crippen molar-refractivity contribution in [2.45, 2.75) is 19.9 Å². The molecule has 3 rings (SSSR count). The predicted molar refractivity (Wildman–Crippen MR) is 78.9 cm³/mol. The highest BCUT2D eigenvalue weighted by atomic mass is 16.7. The Morgan fingerprint density at radius 1 is 1.19 bits per heavy atom. The molecule has 2 heterocycles. The van der Waals surface area contributed by atoms with Crippen molar-refractivity contribution in [3.63, 3.8) is 0 Å². The maximum Gasteiger partial charge on any atom is 0.231 e. The number of fused-ring (bicyclic) bond motifs is 1. The summed E-state index contributed by atoms with van der Waals surface area (Å²) >= 11 is 0. The van der Waals surface area contributed by atoms with E-state index in [2.05, 4.69) is 17.2 Å². The van der Waals surface area contributed by atoms with Crippen LogP contribution >= 0.6 is 0 Å². The minimum Gasteiger partial charge on any atom is -0.454 e. The third-order valence-corrected chi connectivity index (χ3v) is 3.08. The number of pyridine rings is 1. The van der Waals surface area contributed by atoms with Gasteiger partial charge in [-0.2, -0.15) is 0 Å². The van der Waals surface area contributed by atoms with Crippen LogP contribution in [-0.2, 0) is 6.54 Å². The highest BCUT2D eigenvalue weighted by molar-refractivity contribution is 5.47. The third kappa shape index (κ3) is 3.44. The van der Waals surface area contributed by atoms with Crippen LogP contribution in [0.15, 0.2) is 36.4 Å². The van der Waals surface area contributed by atoms with Gasteiger partial charge in [0.1, 0.15) is 5.75 Å². The summed E-state index contributed by atoms with van der Waals surface area (Å²) in [7, 11) is 0. The first-order valence-electron chi connectivity index (χ1n) is 7.09. The zero-order valence-corrected chi connectivity index (χ0v) is 12.0. The van der Waals surface area contributed by atoms with E-state index in [4.69, 9.17) is 14.2 Å². The Morgan fingerprint density at radius 2 is 2.10 bits per heavy atom. The second-order valence-corrected chi connectivity index (χ2v) is 4.76. The quantitative estimate of drug-likeness (QED) is 0.827. The molecule has 0 fully saturated rings. The van der Waals surface area contributed by atoms with Gasteiger partial charge in [-0.25, -0.2) is 4.98 Å². The topological polar surface area (TPSA) is 52.6 Å². The molecule has 0 radical (unpaired) electrons. The average molecular weight is 286 g/mol. The molecule has 0 spiro atoms. The van der Waals surface area contributed by atoms with Crippen LogP contribution in [0.1, 0.15) is 19.0 Å². The summed E-state index contributed by atoms with van der Waals surface area (Å²) in [5.74, 6) is 2.70. The van der Waals surface area contributed by atoms with Gasteiger partial charge in [0.2, 0.25) is 12.7 Å². The van der Waals surface area contributed by atoms with Gasteiger partial charge in [0.25, 0.3) is 0 Å². The second-order valence-electron chi connectivity index (χ2n) is 4.76. The number of rotatable bonds is 6. The van der Waals surface area contributed by atoms with Crippen LogP contribution in [0.2, 0.25) is 0 Å². The largest absolute Gasteiger partial charge is 0.454 e. The Bertz CT molecular complexity index is 616. The number of hydrogen-bond donors (Lipinski definition) is 1. The fourth-order valence-corrected chi connectivity index (χ4v) is 2.07. The van der Waals surface area contributed by atoms with Crippen molar-refractivity contribution in [3.8, 4) is 23.1 Å². The lowest BCUT2D eigenvalue weighted by Gasteiger charge is -2.08. The zero-order chi connectivity index (χ0) is 14.5. The lowest BCUT2D eigenvalue weighted by atomic mass is 10.3. The summed E-state index contributed by atoms with van der Waals surface area (Å²) in [5.41, 5.74) is 0.960. The van der Waals surface area contributed by atoms with Gasteiger partial charge in [0.05, 0.1) is 5.69 Å². The smallest absolute Gasteiger partial charge is 0.231 e. The molecule has 21 heavy (non-hydrogen) atoms. The first-order valence-corrected chi connectivity index (χ1v) is 7.09. The Balaban J connectivity index is 1.68. The molecule has 0 saturated heterocycles. The number of hydrogen-bond acceptors (Lipinski definition) is 5. The SMILES string of the molecule is CCCNCc1cccc(Oc2ccc3c(c2)OCO3)n1. The summed E-state index contributed by atoms with van der Waals surface area (Å²) in [6.07, 6.45) is 1.10. The van der Waals surface area contributed by atoms with Crippen LogP contribution in [0.5, 0.6) is 23.1 Å². The standard InChI is InChI=1S/C16H18N2O3/c1-2-8-17-10-12-4-3-5-16(18-12)21-13-6-7-14-15(9-13)20-11-19-14/h3-7,9,17H,2,8,10-11H2,1H3. The maximum absolute atomic E-state index is 5.78. The first kappa shape index (κ1) is 13.7. The molecule has 2 aromatic rings. The van der Waals surface area contributed by atoms with Crippen molar-refractivity contribution in [2.75, 3.05) is 13.3 Å². The van der Waals surface area contributed by atoms with E-state index in [1.54, 1.807) is 0 Å². The van der Waals surface area contributed by atoms with Gasteiger partial charge in [0, 0.05) is 18.7 Å². The molecule has 1 N–H and O–H groups in total. The molecule has 0 amide bonds. The van der Waals surface area contributed by atoms with Gasteiger partial charge in [-0.15, -0.1) is 0 Å². The molecule has 1 aliphatic rings. The highest BCUT2D eigenvalue weighted by Gasteiger charge is 2.14. The lowest BCUT2D eigenvalue weighted by molar-refractivity contribution is 0.174. The van der Waals surface area contributed by atoms with E-state index in [1.165, 1.54) is 0 Å². The third-order valence-electron chi connectivity index (χ3n) is 3.08. The molecule has 1 aromatic carbocycles. The van der Waals surface area contributed by atoms with Gasteiger partial charge >= 0.3 is 0 Å². The van der Waals surface area contributed by atoms with Crippen LogP contribution in [0.3, 0.4) is 0 Å². The molecular weight excluding hydrogens is 268 g/mol. The van der Waals surface area contributed by atoms with Crippen LogP contribution in [0, 0.1) is 0 Å². The molecule has 0 atom stereocenters. The number of nitrogens with zero attached hydrogens (tertiary/aromatic N) is 1. The molecule has 0 unspecified atom stereocenters. The van der Waals surface area contributed by atoms with Crippen molar-refractivity contribution in [3.05, 3.63) is 42.1 Å². The molecule has 0 saturated carbocycles. The minimum atomic E-state index is 0.260. The molecule has 0 bridgehead atoms. The molecule has 5 nitrogen and oxygen atoms in total. The van der Waals surface area contributed by atoms with Crippen molar-refractivity contribution in [1.82, 2.24) is 10.3 Å². The molecule has 0 aliphatic carbocycles. The van der Waals surface area contributed by atoms with Gasteiger partial charge in [0.15, 0.2) is 11.5 Å². The van der Waals surface area contributed by atoms with E-state index >= 15 is 0 Å². The van der Waals surface area contributed by atoms with E-state index in [-0.39, 0.29) is 6.79 Å². The van der Waals surface area contributed by atoms with E-state index in [0.717, 1.165) is 31.0 Å². The minimum absolute atomic E-state index is 0.260. The second kappa shape index (κ2) is 6.45. The van der Waals surface area contributed by atoms with E-state index in [0.29, 0.717) is 17.4 Å². The molecule has 1 aromatic heterocycles. The highest BCUT2D eigenvalue weighted by Crippen LogP contribution is 2.36. The Labute approximate surface area is 123 Å². The number of aromatic nitrogens is 1. The van der Waals surface area contributed by atoms with Crippen LogP contribution in [0.25, 0.3) is 0 Å². The van der Waals surface area contributed by atoms with Crippen LogP contribution in [0.4, 0.5) is 0 Å². The summed E-state index contributed by atoms with van der Waals surface area (Å²) < 4.78 is 16.4. The van der Waals surface area contributed by atoms with Gasteiger partial charge in [-0.05, 0) is 31.2 Å². The fraction of sp³-hybridized carbons (Fsp3) is 0.312. The van der Waals surface area contributed by atoms with Crippen LogP contribution < -0.4 is 19.5 Å². The van der Waals surface area contributed by atoms with Crippen molar-refractivity contribution in [1.29, 1.82) is 0 Å². The Hall–Kier alpha value is -2.27. The normalized spacial score (nSPS) is 12.4. The van der Waals surface area contributed by atoms with Gasteiger partial charge < -0.3 is 19.5 Å². The van der Waals surface area contributed by atoms with Gasteiger partial charge in [-0.1, -0.05) is 13.0 Å². The first-order chi connectivity index (χ1) is 10.3. The Kier molecular flexibility index (Phi) is 4.21. The van der Waals surface area contributed by atoms with E-state index in [1.807, 2.05) is 36.4 Å². The van der Waals surface area contributed by atoms with E-state index in [9.17, 15) is 0 Å². The van der Waals surface area contributed by atoms with Crippen molar-refractivity contribution >= 4 is 0 Å². The number of ether oxygens (including phenoxy) is 3. The van der Waals surface area contributed by atoms with Crippen molar-refractivity contribution < 1.29 is 14.2 Å². The summed E-state index contributed by atoms with van der Waals surface area (Å²) in [5, 5.41) is 3.32. The molecule has 5 heteroatoms. The summed E-state index contributed by atoms with van der Waals surface area (Å²) in [4.78, 5) is 4.48. The monoisotopic (exact) mass is 286 g/mol. The number of nitrogens with one attached hydrogen (secondary N) is 1. The predicted octanol–water partition coefficient (Wildman–Crippen LogP) is 3.10. The Morgan fingerprint density at radius 3 is 3.00 bits per heavy atom. The average Bonchev–Trinajstić information content (AvgIpc) is 2.95. The molecular formula is C16H18N2O3. The number of benzene rings is 1. The molecule has 1 aliphatic heterocycles. The van der Waals surface area contributed by atoms with E-state index < -0.39 is 0 Å². The maximum atomic E-state index is 5.78. The van der Waals surface area contributed by atoms with Crippen LogP contribution in [-0.4, -0.2) is 18.3 Å². The zero-order valence-electron chi connectivity index (χ0n) is 12.0. The van der Waals surface area contributed by atoms with Crippen molar-refractivity contribution in [2.24, 2.45) is 0 Å². The lowest BCUT2D eigenvalue weighted by Crippen LogP contribution is -2.14. The summed E-state index contributed by atoms with van der Waals surface area (Å²) in [6.45, 7) is 4.12. The van der Waals surface area contributed by atoms with Gasteiger partial charge in [-0.3, -0.25) is 0 Å². The fourth-order valence-electron chi connectivity index (χ4n) is 2.07. The summed E-state index contributed by atoms with van der Waals surface area (Å²) in [6, 6.07) is 11.3.